The fraction of sp³-hybridized carbons (Fsp3) is 0.250. The van der Waals surface area contributed by atoms with Crippen LogP contribution in [0, 0.1) is 13.8 Å². The van der Waals surface area contributed by atoms with Gasteiger partial charge in [0.15, 0.2) is 0 Å². The van der Waals surface area contributed by atoms with Crippen molar-refractivity contribution in [2.24, 2.45) is 0 Å². The molecule has 0 aliphatic rings. The number of sulfonamides is 1. The van der Waals surface area contributed by atoms with E-state index in [0.717, 1.165) is 38.4 Å². The van der Waals surface area contributed by atoms with E-state index < -0.39 is 15.9 Å². The van der Waals surface area contributed by atoms with Gasteiger partial charge in [0.1, 0.15) is 29.6 Å². The molecule has 0 saturated carbocycles. The second kappa shape index (κ2) is 11.7. The number of rotatable bonds is 11. The highest BCUT2D eigenvalue weighted by molar-refractivity contribution is 7.90. The lowest BCUT2D eigenvalue weighted by atomic mass is 10.1. The molecule has 194 valence electrons. The van der Waals surface area contributed by atoms with Crippen LogP contribution in [0.15, 0.2) is 66.7 Å². The van der Waals surface area contributed by atoms with E-state index in [1.807, 2.05) is 56.3 Å². The fourth-order valence-electron chi connectivity index (χ4n) is 4.11. The molecule has 1 aromatic heterocycles. The van der Waals surface area contributed by atoms with Crippen LogP contribution in [-0.2, 0) is 16.4 Å². The SMILES string of the molecule is Cc1cc(OCCCc2c(C(=O)NS(=O)(=O)CCOc3ccccc3)[nH]c3ccccc23)cc(C)c1Cl. The molecule has 1 heterocycles. The minimum absolute atomic E-state index is 0.0762. The number of nitrogens with one attached hydrogen (secondary N) is 2. The van der Waals surface area contributed by atoms with Crippen LogP contribution >= 0.6 is 11.6 Å². The van der Waals surface area contributed by atoms with Crippen molar-refractivity contribution >= 4 is 38.4 Å². The Morgan fingerprint density at radius 2 is 1.57 bits per heavy atom. The average Bonchev–Trinajstić information content (AvgIpc) is 3.24. The maximum absolute atomic E-state index is 13.0. The van der Waals surface area contributed by atoms with Crippen LogP contribution in [0.25, 0.3) is 10.9 Å². The van der Waals surface area contributed by atoms with Gasteiger partial charge in [-0.3, -0.25) is 4.79 Å². The van der Waals surface area contributed by atoms with E-state index >= 15 is 0 Å². The van der Waals surface area contributed by atoms with Crippen molar-refractivity contribution in [2.45, 2.75) is 26.7 Å². The number of aryl methyl sites for hydroxylation is 3. The van der Waals surface area contributed by atoms with E-state index in [9.17, 15) is 13.2 Å². The van der Waals surface area contributed by atoms with Gasteiger partial charge in [0.05, 0.1) is 6.61 Å². The zero-order valence-corrected chi connectivity index (χ0v) is 22.3. The van der Waals surface area contributed by atoms with Crippen molar-refractivity contribution < 1.29 is 22.7 Å². The standard InChI is InChI=1S/C28H29ClN2O5S/c1-19-17-22(18-20(2)26(19)29)35-14-8-12-24-23-11-6-7-13-25(23)30-27(24)28(32)31-37(33,34)16-15-36-21-9-4-3-5-10-21/h3-7,9-11,13,17-18,30H,8,12,14-16H2,1-2H3,(H,31,32). The third kappa shape index (κ3) is 6.84. The number of hydrogen-bond donors (Lipinski definition) is 2. The summed E-state index contributed by atoms with van der Waals surface area (Å²) in [4.78, 5) is 16.1. The molecule has 0 aliphatic heterocycles. The maximum Gasteiger partial charge on any atom is 0.281 e. The molecule has 0 fully saturated rings. The molecule has 0 radical (unpaired) electrons. The molecule has 0 unspecified atom stereocenters. The van der Waals surface area contributed by atoms with Gasteiger partial charge in [-0.25, -0.2) is 13.1 Å². The second-order valence-electron chi connectivity index (χ2n) is 8.76. The molecule has 0 aliphatic carbocycles. The zero-order valence-electron chi connectivity index (χ0n) is 20.7. The van der Waals surface area contributed by atoms with E-state index in [1.165, 1.54) is 0 Å². The van der Waals surface area contributed by atoms with Gasteiger partial charge in [-0.05, 0) is 73.7 Å². The lowest BCUT2D eigenvalue weighted by Gasteiger charge is -2.11. The highest BCUT2D eigenvalue weighted by atomic mass is 35.5. The van der Waals surface area contributed by atoms with Gasteiger partial charge in [-0.15, -0.1) is 0 Å². The number of hydrogen-bond acceptors (Lipinski definition) is 5. The smallest absolute Gasteiger partial charge is 0.281 e. The largest absolute Gasteiger partial charge is 0.494 e. The highest BCUT2D eigenvalue weighted by Crippen LogP contribution is 2.27. The molecule has 0 spiro atoms. The maximum atomic E-state index is 13.0. The first-order valence-electron chi connectivity index (χ1n) is 12.0. The van der Waals surface area contributed by atoms with E-state index in [2.05, 4.69) is 9.71 Å². The number of aromatic nitrogens is 1. The summed E-state index contributed by atoms with van der Waals surface area (Å²) < 4.78 is 38.7. The van der Waals surface area contributed by atoms with Gasteiger partial charge in [-0.1, -0.05) is 48.0 Å². The Kier molecular flexibility index (Phi) is 8.41. The molecule has 4 rings (SSSR count). The lowest BCUT2D eigenvalue weighted by Crippen LogP contribution is -2.35. The molecule has 1 amide bonds. The number of aromatic amines is 1. The minimum Gasteiger partial charge on any atom is -0.494 e. The number of halogens is 1. The van der Waals surface area contributed by atoms with Crippen LogP contribution < -0.4 is 14.2 Å². The van der Waals surface area contributed by atoms with Crippen molar-refractivity contribution in [2.75, 3.05) is 19.0 Å². The summed E-state index contributed by atoms with van der Waals surface area (Å²) in [7, 11) is -3.91. The fourth-order valence-corrected chi connectivity index (χ4v) is 5.01. The Labute approximate surface area is 221 Å². The van der Waals surface area contributed by atoms with Crippen molar-refractivity contribution in [3.05, 3.63) is 94.1 Å². The van der Waals surface area contributed by atoms with Gasteiger partial charge in [0, 0.05) is 15.9 Å². The molecule has 0 atom stereocenters. The summed E-state index contributed by atoms with van der Waals surface area (Å²) in [5.41, 5.74) is 3.63. The van der Waals surface area contributed by atoms with Crippen molar-refractivity contribution in [3.8, 4) is 11.5 Å². The number of para-hydroxylation sites is 2. The number of ether oxygens (including phenoxy) is 2. The Morgan fingerprint density at radius 3 is 2.30 bits per heavy atom. The van der Waals surface area contributed by atoms with Crippen LogP contribution in [0.5, 0.6) is 11.5 Å². The van der Waals surface area contributed by atoms with Gasteiger partial charge in [0.25, 0.3) is 5.91 Å². The number of amides is 1. The molecule has 3 aromatic carbocycles. The van der Waals surface area contributed by atoms with E-state index in [-0.39, 0.29) is 18.1 Å². The molecule has 9 heteroatoms. The van der Waals surface area contributed by atoms with Gasteiger partial charge >= 0.3 is 0 Å². The predicted octanol–water partition coefficient (Wildman–Crippen LogP) is 5.59. The van der Waals surface area contributed by atoms with E-state index in [0.29, 0.717) is 25.2 Å². The molecule has 0 bridgehead atoms. The first kappa shape index (κ1) is 26.6. The Bertz CT molecular complexity index is 1480. The molecular weight excluding hydrogens is 512 g/mol. The van der Waals surface area contributed by atoms with Gasteiger partial charge < -0.3 is 14.5 Å². The van der Waals surface area contributed by atoms with Crippen molar-refractivity contribution in [3.63, 3.8) is 0 Å². The van der Waals surface area contributed by atoms with Crippen LogP contribution in [0.2, 0.25) is 5.02 Å². The summed E-state index contributed by atoms with van der Waals surface area (Å²) in [5.74, 6) is 0.251. The molecule has 2 N–H and O–H groups in total. The van der Waals surface area contributed by atoms with Crippen molar-refractivity contribution in [1.82, 2.24) is 9.71 Å². The molecule has 0 saturated heterocycles. The summed E-state index contributed by atoms with van der Waals surface area (Å²) in [6.45, 7) is 4.21. The number of fused-ring (bicyclic) bond motifs is 1. The Morgan fingerprint density at radius 1 is 0.919 bits per heavy atom. The number of H-pyrrole nitrogens is 1. The second-order valence-corrected chi connectivity index (χ2v) is 11.0. The number of benzene rings is 3. The normalized spacial score (nSPS) is 11.4. The Balaban J connectivity index is 1.41. The minimum atomic E-state index is -3.91. The quantitative estimate of drug-likeness (QED) is 0.242. The van der Waals surface area contributed by atoms with Crippen molar-refractivity contribution in [1.29, 1.82) is 0 Å². The van der Waals surface area contributed by atoms with Gasteiger partial charge in [-0.2, -0.15) is 0 Å². The summed E-state index contributed by atoms with van der Waals surface area (Å²) in [6.07, 6.45) is 1.15. The lowest BCUT2D eigenvalue weighted by molar-refractivity contribution is 0.0976. The zero-order chi connectivity index (χ0) is 26.4. The first-order valence-corrected chi connectivity index (χ1v) is 14.0. The third-order valence-corrected chi connectivity index (χ3v) is 7.70. The summed E-state index contributed by atoms with van der Waals surface area (Å²) >= 11 is 6.24. The van der Waals surface area contributed by atoms with Crippen LogP contribution in [0.4, 0.5) is 0 Å². The molecule has 7 nitrogen and oxygen atoms in total. The topological polar surface area (TPSA) is 97.5 Å². The monoisotopic (exact) mass is 540 g/mol. The number of carbonyl (C=O) groups is 1. The van der Waals surface area contributed by atoms with E-state index in [4.69, 9.17) is 21.1 Å². The molecule has 4 aromatic rings. The molecule has 37 heavy (non-hydrogen) atoms. The average molecular weight is 541 g/mol. The predicted molar refractivity (Wildman–Crippen MR) is 146 cm³/mol. The van der Waals surface area contributed by atoms with E-state index in [1.54, 1.807) is 24.3 Å². The first-order chi connectivity index (χ1) is 17.7. The van der Waals surface area contributed by atoms with Gasteiger partial charge in [0.2, 0.25) is 10.0 Å². The summed E-state index contributed by atoms with van der Waals surface area (Å²) in [6, 6.07) is 20.2. The number of carbonyl (C=O) groups excluding carboxylic acids is 1. The van der Waals surface area contributed by atoms with Crippen LogP contribution in [0.3, 0.4) is 0 Å². The van der Waals surface area contributed by atoms with Crippen LogP contribution in [0.1, 0.15) is 33.6 Å². The Hall–Kier alpha value is -3.49. The summed E-state index contributed by atoms with van der Waals surface area (Å²) in [5, 5.41) is 1.60. The molecular formula is C28H29ClN2O5S. The van der Waals surface area contributed by atoms with Crippen LogP contribution in [-0.4, -0.2) is 38.3 Å². The highest BCUT2D eigenvalue weighted by Gasteiger charge is 2.22. The third-order valence-electron chi connectivity index (χ3n) is 5.90.